The molecule has 1 amide bonds. The maximum absolute atomic E-state index is 12.1. The maximum atomic E-state index is 12.1. The molecule has 8 heteroatoms. The summed E-state index contributed by atoms with van der Waals surface area (Å²) in [6.45, 7) is 0. The number of fused-ring (bicyclic) bond motifs is 1. The summed E-state index contributed by atoms with van der Waals surface area (Å²) in [5.41, 5.74) is 3.84. The molecule has 2 aromatic carbocycles. The Morgan fingerprint density at radius 1 is 1.21 bits per heavy atom. The number of furan rings is 1. The van der Waals surface area contributed by atoms with Crippen molar-refractivity contribution in [3.8, 4) is 5.75 Å². The molecule has 0 fully saturated rings. The van der Waals surface area contributed by atoms with Gasteiger partial charge in [-0.1, -0.05) is 15.9 Å². The third-order valence-corrected chi connectivity index (χ3v) is 5.26. The second-order valence-electron chi connectivity index (χ2n) is 4.83. The second kappa shape index (κ2) is 7.40. The van der Waals surface area contributed by atoms with Crippen molar-refractivity contribution in [3.63, 3.8) is 0 Å². The average Bonchev–Trinajstić information content (AvgIpc) is 2.95. The third kappa shape index (κ3) is 3.91. The molecule has 2 N–H and O–H groups in total. The van der Waals surface area contributed by atoms with Crippen LogP contribution in [0.1, 0.15) is 16.1 Å². The van der Waals surface area contributed by atoms with Crippen LogP contribution in [0.15, 0.2) is 50.4 Å². The molecule has 0 unspecified atom stereocenters. The summed E-state index contributed by atoms with van der Waals surface area (Å²) in [5.74, 6) is 0.00249. The minimum Gasteiger partial charge on any atom is -0.506 e. The molecule has 0 aliphatic carbocycles. The Morgan fingerprint density at radius 3 is 2.62 bits per heavy atom. The molecule has 24 heavy (non-hydrogen) atoms. The monoisotopic (exact) mass is 610 g/mol. The summed E-state index contributed by atoms with van der Waals surface area (Å²) < 4.78 is 7.85. The van der Waals surface area contributed by atoms with Gasteiger partial charge in [-0.05, 0) is 87.1 Å². The molecule has 0 aliphatic heterocycles. The van der Waals surface area contributed by atoms with Gasteiger partial charge in [-0.2, -0.15) is 5.10 Å². The van der Waals surface area contributed by atoms with Crippen molar-refractivity contribution >= 4 is 84.2 Å². The quantitative estimate of drug-likeness (QED) is 0.252. The second-order valence-corrected chi connectivity index (χ2v) is 8.07. The fourth-order valence-electron chi connectivity index (χ4n) is 2.01. The van der Waals surface area contributed by atoms with E-state index >= 15 is 0 Å². The number of phenols is 1. The van der Waals surface area contributed by atoms with Gasteiger partial charge in [0.05, 0.1) is 13.4 Å². The molecule has 0 bridgehead atoms. The van der Waals surface area contributed by atoms with E-state index in [1.807, 2.05) is 57.3 Å². The summed E-state index contributed by atoms with van der Waals surface area (Å²) in [4.78, 5) is 12.1. The van der Waals surface area contributed by atoms with Crippen LogP contribution < -0.4 is 5.43 Å². The molecule has 1 heterocycles. The number of hydrogen-bond donors (Lipinski definition) is 2. The SMILES string of the molecule is O=C(N/N=C/c1cc(I)c(O)c(I)c1)c1cc2cc(Br)ccc2o1. The largest absolute Gasteiger partial charge is 0.506 e. The van der Waals surface area contributed by atoms with Gasteiger partial charge in [-0.15, -0.1) is 0 Å². The summed E-state index contributed by atoms with van der Waals surface area (Å²) in [6, 6.07) is 10.7. The minimum absolute atomic E-state index is 0.190. The van der Waals surface area contributed by atoms with Crippen LogP contribution in [0.4, 0.5) is 0 Å². The van der Waals surface area contributed by atoms with E-state index < -0.39 is 5.91 Å². The average molecular weight is 611 g/mol. The van der Waals surface area contributed by atoms with E-state index in [0.717, 1.165) is 22.6 Å². The van der Waals surface area contributed by atoms with E-state index in [0.29, 0.717) is 5.58 Å². The Morgan fingerprint density at radius 2 is 1.92 bits per heavy atom. The van der Waals surface area contributed by atoms with E-state index in [4.69, 9.17) is 4.42 Å². The number of aromatic hydroxyl groups is 1. The number of benzene rings is 2. The topological polar surface area (TPSA) is 74.8 Å². The molecule has 0 spiro atoms. The van der Waals surface area contributed by atoms with Crippen molar-refractivity contribution in [2.45, 2.75) is 0 Å². The number of nitrogens with zero attached hydrogens (tertiary/aromatic N) is 1. The zero-order chi connectivity index (χ0) is 17.3. The number of nitrogens with one attached hydrogen (secondary N) is 1. The zero-order valence-electron chi connectivity index (χ0n) is 11.9. The number of hydrazone groups is 1. The molecule has 0 saturated heterocycles. The molecule has 0 aliphatic rings. The highest BCUT2D eigenvalue weighted by molar-refractivity contribution is 14.1. The molecule has 122 valence electrons. The Bertz CT molecular complexity index is 946. The molecular formula is C16H9BrI2N2O3. The first-order valence-corrected chi connectivity index (χ1v) is 9.59. The highest BCUT2D eigenvalue weighted by Gasteiger charge is 2.11. The smallest absolute Gasteiger partial charge is 0.307 e. The normalized spacial score (nSPS) is 11.3. The highest BCUT2D eigenvalue weighted by Crippen LogP contribution is 2.27. The van der Waals surface area contributed by atoms with Crippen LogP contribution in [-0.2, 0) is 0 Å². The number of amides is 1. The van der Waals surface area contributed by atoms with Gasteiger partial charge in [0.15, 0.2) is 5.76 Å². The highest BCUT2D eigenvalue weighted by atomic mass is 127. The van der Waals surface area contributed by atoms with Gasteiger partial charge in [-0.25, -0.2) is 5.43 Å². The van der Waals surface area contributed by atoms with Crippen LogP contribution in [-0.4, -0.2) is 17.2 Å². The van der Waals surface area contributed by atoms with Gasteiger partial charge < -0.3 is 9.52 Å². The Kier molecular flexibility index (Phi) is 5.45. The first-order valence-electron chi connectivity index (χ1n) is 6.64. The van der Waals surface area contributed by atoms with Gasteiger partial charge in [0, 0.05) is 9.86 Å². The number of rotatable bonds is 3. The van der Waals surface area contributed by atoms with Crippen molar-refractivity contribution in [3.05, 3.63) is 59.3 Å². The van der Waals surface area contributed by atoms with Crippen LogP contribution in [0, 0.1) is 7.14 Å². The summed E-state index contributed by atoms with van der Waals surface area (Å²) in [7, 11) is 0. The van der Waals surface area contributed by atoms with E-state index in [1.165, 1.54) is 6.21 Å². The van der Waals surface area contributed by atoms with Gasteiger partial charge in [0.25, 0.3) is 0 Å². The van der Waals surface area contributed by atoms with Crippen molar-refractivity contribution in [1.29, 1.82) is 0 Å². The fraction of sp³-hybridized carbons (Fsp3) is 0. The molecule has 0 atom stereocenters. The van der Waals surface area contributed by atoms with Crippen LogP contribution in [0.5, 0.6) is 5.75 Å². The summed E-state index contributed by atoms with van der Waals surface area (Å²) in [5, 5.41) is 14.5. The molecule has 0 radical (unpaired) electrons. The minimum atomic E-state index is -0.429. The van der Waals surface area contributed by atoms with Crippen LogP contribution in [0.25, 0.3) is 11.0 Å². The lowest BCUT2D eigenvalue weighted by molar-refractivity contribution is 0.0929. The number of hydrogen-bond acceptors (Lipinski definition) is 4. The van der Waals surface area contributed by atoms with Crippen molar-refractivity contribution in [2.75, 3.05) is 0 Å². The lowest BCUT2D eigenvalue weighted by Gasteiger charge is -2.02. The van der Waals surface area contributed by atoms with Crippen LogP contribution >= 0.6 is 61.1 Å². The molecule has 5 nitrogen and oxygen atoms in total. The maximum Gasteiger partial charge on any atom is 0.307 e. The van der Waals surface area contributed by atoms with Crippen LogP contribution in [0.3, 0.4) is 0 Å². The van der Waals surface area contributed by atoms with E-state index in [2.05, 4.69) is 26.5 Å². The molecule has 3 rings (SSSR count). The molecule has 1 aromatic heterocycles. The molecule has 0 saturated carbocycles. The number of halogens is 3. The Hall–Kier alpha value is -1.14. The number of carbonyl (C=O) groups excluding carboxylic acids is 1. The molecule has 3 aromatic rings. The fourth-order valence-corrected chi connectivity index (χ4v) is 4.20. The predicted octanol–water partition coefficient (Wildman–Crippen LogP) is 4.87. The van der Waals surface area contributed by atoms with Gasteiger partial charge in [-0.3, -0.25) is 4.79 Å². The van der Waals surface area contributed by atoms with Gasteiger partial charge in [0.1, 0.15) is 11.3 Å². The van der Waals surface area contributed by atoms with E-state index in [9.17, 15) is 9.90 Å². The first kappa shape index (κ1) is 17.7. The number of carbonyl (C=O) groups is 1. The Balaban J connectivity index is 1.74. The molecular weight excluding hydrogens is 602 g/mol. The zero-order valence-corrected chi connectivity index (χ0v) is 17.8. The lowest BCUT2D eigenvalue weighted by atomic mass is 10.2. The first-order chi connectivity index (χ1) is 11.4. The van der Waals surface area contributed by atoms with Gasteiger partial charge >= 0.3 is 5.91 Å². The lowest BCUT2D eigenvalue weighted by Crippen LogP contribution is -2.16. The third-order valence-electron chi connectivity index (χ3n) is 3.12. The van der Waals surface area contributed by atoms with Crippen molar-refractivity contribution in [1.82, 2.24) is 5.43 Å². The number of phenolic OH excluding ortho intramolecular Hbond substituents is 1. The summed E-state index contributed by atoms with van der Waals surface area (Å²) >= 11 is 7.45. The Labute approximate surface area is 172 Å². The van der Waals surface area contributed by atoms with Crippen LogP contribution in [0.2, 0.25) is 0 Å². The van der Waals surface area contributed by atoms with Gasteiger partial charge in [0.2, 0.25) is 0 Å². The summed E-state index contributed by atoms with van der Waals surface area (Å²) in [6.07, 6.45) is 1.51. The van der Waals surface area contributed by atoms with E-state index in [1.54, 1.807) is 24.3 Å². The van der Waals surface area contributed by atoms with Crippen molar-refractivity contribution < 1.29 is 14.3 Å². The predicted molar refractivity (Wildman–Crippen MR) is 113 cm³/mol. The standard InChI is InChI=1S/C16H9BrI2N2O3/c17-10-1-2-13-9(5-10)6-14(24-13)16(23)21-20-7-8-3-11(18)15(22)12(19)4-8/h1-7,22H,(H,21,23)/b20-7+. The van der Waals surface area contributed by atoms with E-state index in [-0.39, 0.29) is 11.5 Å². The van der Waals surface area contributed by atoms with Crippen molar-refractivity contribution in [2.24, 2.45) is 5.10 Å².